The van der Waals surface area contributed by atoms with Crippen molar-refractivity contribution in [2.24, 2.45) is 0 Å². The molecule has 4 rings (SSSR count). The summed E-state index contributed by atoms with van der Waals surface area (Å²) >= 11 is 0. The van der Waals surface area contributed by atoms with Gasteiger partial charge in [0.1, 0.15) is 11.6 Å². The summed E-state index contributed by atoms with van der Waals surface area (Å²) in [5.74, 6) is -0.0698. The number of nitrogens with one attached hydrogen (secondary N) is 2. The van der Waals surface area contributed by atoms with Crippen molar-refractivity contribution < 1.29 is 23.5 Å². The van der Waals surface area contributed by atoms with Crippen molar-refractivity contribution in [3.8, 4) is 5.75 Å². The molecule has 1 saturated heterocycles. The highest BCUT2D eigenvalue weighted by Gasteiger charge is 2.34. The molecule has 0 radical (unpaired) electrons. The first-order valence-corrected chi connectivity index (χ1v) is 11.3. The molecule has 8 nitrogen and oxygen atoms in total. The number of halogens is 1. The second-order valence-electron chi connectivity index (χ2n) is 8.13. The summed E-state index contributed by atoms with van der Waals surface area (Å²) in [7, 11) is 1.31. The smallest absolute Gasteiger partial charge is 0.338 e. The van der Waals surface area contributed by atoms with Crippen LogP contribution in [0.3, 0.4) is 0 Å². The predicted molar refractivity (Wildman–Crippen MR) is 126 cm³/mol. The number of carbonyl (C=O) groups excluding carboxylic acids is 2. The molecule has 2 aromatic carbocycles. The minimum atomic E-state index is -0.726. The number of piperazine rings is 1. The number of amides is 2. The van der Waals surface area contributed by atoms with E-state index in [1.54, 1.807) is 12.1 Å². The summed E-state index contributed by atoms with van der Waals surface area (Å²) < 4.78 is 24.2. The van der Waals surface area contributed by atoms with Gasteiger partial charge in [0, 0.05) is 38.4 Å². The van der Waals surface area contributed by atoms with Crippen molar-refractivity contribution in [1.82, 2.24) is 15.5 Å². The fourth-order valence-electron chi connectivity index (χ4n) is 4.37. The lowest BCUT2D eigenvalue weighted by molar-refractivity contribution is -0.136. The maximum Gasteiger partial charge on any atom is 0.338 e. The van der Waals surface area contributed by atoms with Crippen molar-refractivity contribution in [2.75, 3.05) is 51.3 Å². The molecule has 0 saturated carbocycles. The lowest BCUT2D eigenvalue weighted by Crippen LogP contribution is -2.51. The number of nitrogens with zero attached hydrogens (tertiary/aromatic N) is 2. The summed E-state index contributed by atoms with van der Waals surface area (Å²) in [6.07, 6.45) is 0. The highest BCUT2D eigenvalue weighted by Crippen LogP contribution is 2.30. The van der Waals surface area contributed by atoms with Gasteiger partial charge in [-0.3, -0.25) is 4.90 Å². The maximum absolute atomic E-state index is 13.4. The van der Waals surface area contributed by atoms with Gasteiger partial charge in [0.05, 0.1) is 31.0 Å². The van der Waals surface area contributed by atoms with E-state index in [2.05, 4.69) is 26.5 Å². The first-order valence-electron chi connectivity index (χ1n) is 11.3. The Morgan fingerprint density at radius 3 is 2.47 bits per heavy atom. The second-order valence-corrected chi connectivity index (χ2v) is 8.13. The Morgan fingerprint density at radius 1 is 1.09 bits per heavy atom. The molecule has 2 N–H and O–H groups in total. The molecule has 0 aromatic heterocycles. The number of benzene rings is 2. The van der Waals surface area contributed by atoms with E-state index in [9.17, 15) is 14.0 Å². The van der Waals surface area contributed by atoms with Crippen LogP contribution in [-0.4, -0.2) is 63.3 Å². The topological polar surface area (TPSA) is 83.1 Å². The summed E-state index contributed by atoms with van der Waals surface area (Å²) in [6.45, 7) is 5.98. The summed E-state index contributed by atoms with van der Waals surface area (Å²) in [4.78, 5) is 29.6. The van der Waals surface area contributed by atoms with Crippen molar-refractivity contribution in [2.45, 2.75) is 13.0 Å². The van der Waals surface area contributed by atoms with Gasteiger partial charge < -0.3 is 25.0 Å². The molecule has 0 unspecified atom stereocenters. The Bertz CT molecular complexity index is 1060. The van der Waals surface area contributed by atoms with Gasteiger partial charge in [-0.1, -0.05) is 24.3 Å². The zero-order valence-electron chi connectivity index (χ0n) is 19.3. The van der Waals surface area contributed by atoms with E-state index in [4.69, 9.17) is 9.47 Å². The van der Waals surface area contributed by atoms with Gasteiger partial charge in [-0.15, -0.1) is 0 Å². The predicted octanol–water partition coefficient (Wildman–Crippen LogP) is 2.83. The van der Waals surface area contributed by atoms with Crippen LogP contribution in [0.1, 0.15) is 18.5 Å². The highest BCUT2D eigenvalue weighted by molar-refractivity contribution is 5.95. The average molecular weight is 469 g/mol. The Hall–Kier alpha value is -3.59. The van der Waals surface area contributed by atoms with E-state index in [-0.39, 0.29) is 0 Å². The first kappa shape index (κ1) is 23.6. The summed E-state index contributed by atoms with van der Waals surface area (Å²) in [5.41, 5.74) is 2.47. The van der Waals surface area contributed by atoms with Gasteiger partial charge in [-0.25, -0.2) is 14.0 Å². The zero-order chi connectivity index (χ0) is 24.1. The molecule has 9 heteroatoms. The summed E-state index contributed by atoms with van der Waals surface area (Å²) in [6, 6.07) is 12.6. The molecular formula is C25H29FN4O4. The normalized spacial score (nSPS) is 18.9. The fraction of sp³-hybridized carbons (Fsp3) is 0.360. The SMILES string of the molecule is CCOc1ccccc1N1CCN(CC2=C(C(=O)OC)[C@H](c3ccc(F)cc3)NC(=O)N2)CC1. The van der Waals surface area contributed by atoms with E-state index in [1.807, 2.05) is 25.1 Å². The van der Waals surface area contributed by atoms with Crippen LogP contribution in [0.2, 0.25) is 0 Å². The van der Waals surface area contributed by atoms with E-state index in [1.165, 1.54) is 19.2 Å². The molecule has 1 fully saturated rings. The monoisotopic (exact) mass is 468 g/mol. The molecule has 2 aromatic rings. The van der Waals surface area contributed by atoms with Crippen molar-refractivity contribution in [3.63, 3.8) is 0 Å². The van der Waals surface area contributed by atoms with Gasteiger partial charge in [-0.2, -0.15) is 0 Å². The molecule has 180 valence electrons. The molecule has 2 amide bonds. The number of rotatable bonds is 7. The number of urea groups is 1. The minimum absolute atomic E-state index is 0.317. The largest absolute Gasteiger partial charge is 0.492 e. The molecule has 0 bridgehead atoms. The zero-order valence-corrected chi connectivity index (χ0v) is 19.3. The number of carbonyl (C=O) groups is 2. The number of ether oxygens (including phenoxy) is 2. The molecule has 0 aliphatic carbocycles. The first-order chi connectivity index (χ1) is 16.5. The fourth-order valence-corrected chi connectivity index (χ4v) is 4.37. The number of esters is 1. The number of hydrogen-bond donors (Lipinski definition) is 2. The van der Waals surface area contributed by atoms with Crippen LogP contribution in [0.5, 0.6) is 5.75 Å². The molecule has 2 aliphatic heterocycles. The molecule has 1 atom stereocenters. The molecule has 2 aliphatic rings. The molecule has 0 spiro atoms. The highest BCUT2D eigenvalue weighted by atomic mass is 19.1. The second kappa shape index (κ2) is 10.6. The molecule has 2 heterocycles. The lowest BCUT2D eigenvalue weighted by atomic mass is 9.95. The Labute approximate surface area is 198 Å². The molecular weight excluding hydrogens is 439 g/mol. The van der Waals surface area contributed by atoms with Crippen LogP contribution < -0.4 is 20.3 Å². The van der Waals surface area contributed by atoms with E-state index < -0.39 is 23.9 Å². The lowest BCUT2D eigenvalue weighted by Gasteiger charge is -2.38. The van der Waals surface area contributed by atoms with Crippen LogP contribution in [-0.2, 0) is 9.53 Å². The number of methoxy groups -OCH3 is 1. The van der Waals surface area contributed by atoms with Crippen molar-refractivity contribution >= 4 is 17.7 Å². The van der Waals surface area contributed by atoms with Gasteiger partial charge >= 0.3 is 12.0 Å². The third-order valence-corrected chi connectivity index (χ3v) is 6.02. The van der Waals surface area contributed by atoms with Gasteiger partial charge in [0.2, 0.25) is 0 Å². The van der Waals surface area contributed by atoms with Gasteiger partial charge in [0.15, 0.2) is 0 Å². The number of hydrogen-bond acceptors (Lipinski definition) is 6. The van der Waals surface area contributed by atoms with Crippen LogP contribution >= 0.6 is 0 Å². The maximum atomic E-state index is 13.4. The quantitative estimate of drug-likeness (QED) is 0.608. The van der Waals surface area contributed by atoms with Crippen LogP contribution in [0, 0.1) is 5.82 Å². The van der Waals surface area contributed by atoms with E-state index in [0.29, 0.717) is 30.0 Å². The van der Waals surface area contributed by atoms with Gasteiger partial charge in [-0.05, 0) is 36.8 Å². The van der Waals surface area contributed by atoms with Crippen LogP contribution in [0.25, 0.3) is 0 Å². The third-order valence-electron chi connectivity index (χ3n) is 6.02. The Morgan fingerprint density at radius 2 is 1.79 bits per heavy atom. The Balaban J connectivity index is 1.53. The number of anilines is 1. The minimum Gasteiger partial charge on any atom is -0.492 e. The summed E-state index contributed by atoms with van der Waals surface area (Å²) in [5, 5.41) is 5.55. The van der Waals surface area contributed by atoms with E-state index in [0.717, 1.165) is 37.6 Å². The van der Waals surface area contributed by atoms with Crippen LogP contribution in [0.4, 0.5) is 14.9 Å². The standard InChI is InChI=1S/C25H29FN4O4/c1-3-34-21-7-5-4-6-20(21)30-14-12-29(13-15-30)16-19-22(24(31)33-2)23(28-25(32)27-19)17-8-10-18(26)11-9-17/h4-11,23H,3,12-16H2,1-2H3,(H2,27,28,32)/t23-/m0/s1. The van der Waals surface area contributed by atoms with Crippen LogP contribution in [0.15, 0.2) is 59.8 Å². The average Bonchev–Trinajstić information content (AvgIpc) is 2.85. The Kier molecular flexibility index (Phi) is 7.32. The molecule has 34 heavy (non-hydrogen) atoms. The van der Waals surface area contributed by atoms with Crippen molar-refractivity contribution in [1.29, 1.82) is 0 Å². The number of para-hydroxylation sites is 2. The van der Waals surface area contributed by atoms with Crippen molar-refractivity contribution in [3.05, 3.63) is 71.2 Å². The van der Waals surface area contributed by atoms with Gasteiger partial charge in [0.25, 0.3) is 0 Å². The van der Waals surface area contributed by atoms with E-state index >= 15 is 0 Å². The third kappa shape index (κ3) is 5.14.